The molecule has 23 heavy (non-hydrogen) atoms. The molecule has 124 valence electrons. The molecule has 1 unspecified atom stereocenters. The van der Waals surface area contributed by atoms with Crippen LogP contribution < -0.4 is 4.74 Å². The highest BCUT2D eigenvalue weighted by atomic mass is 35.5. The SMILES string of the molecule is COc1cc(Cl)ncc1-c1cnn(CCOC2CCCCO2)c1. The molecule has 0 amide bonds. The summed E-state index contributed by atoms with van der Waals surface area (Å²) < 4.78 is 18.5. The molecule has 1 atom stereocenters. The highest BCUT2D eigenvalue weighted by molar-refractivity contribution is 6.29. The highest BCUT2D eigenvalue weighted by Crippen LogP contribution is 2.30. The lowest BCUT2D eigenvalue weighted by Gasteiger charge is -2.22. The summed E-state index contributed by atoms with van der Waals surface area (Å²) in [6.45, 7) is 2.03. The van der Waals surface area contributed by atoms with Gasteiger partial charge in [-0.15, -0.1) is 0 Å². The maximum atomic E-state index is 5.89. The van der Waals surface area contributed by atoms with Crippen molar-refractivity contribution in [1.82, 2.24) is 14.8 Å². The van der Waals surface area contributed by atoms with Crippen LogP contribution in [0, 0.1) is 0 Å². The second-order valence-corrected chi connectivity index (χ2v) is 5.75. The van der Waals surface area contributed by atoms with E-state index >= 15 is 0 Å². The number of hydrogen-bond donors (Lipinski definition) is 0. The lowest BCUT2D eigenvalue weighted by atomic mass is 10.1. The molecule has 2 aromatic heterocycles. The van der Waals surface area contributed by atoms with Gasteiger partial charge in [-0.2, -0.15) is 5.10 Å². The fourth-order valence-corrected chi connectivity index (χ4v) is 2.69. The Labute approximate surface area is 140 Å². The number of methoxy groups -OCH3 is 1. The summed E-state index contributed by atoms with van der Waals surface area (Å²) in [5.74, 6) is 0.677. The van der Waals surface area contributed by atoms with E-state index < -0.39 is 0 Å². The Morgan fingerprint density at radius 1 is 1.39 bits per heavy atom. The summed E-state index contributed by atoms with van der Waals surface area (Å²) in [7, 11) is 1.61. The Morgan fingerprint density at radius 2 is 2.30 bits per heavy atom. The van der Waals surface area contributed by atoms with Crippen molar-refractivity contribution in [3.63, 3.8) is 0 Å². The predicted octanol–water partition coefficient (Wildman–Crippen LogP) is 3.15. The van der Waals surface area contributed by atoms with Gasteiger partial charge < -0.3 is 14.2 Å². The summed E-state index contributed by atoms with van der Waals surface area (Å²) in [4.78, 5) is 4.10. The Balaban J connectivity index is 1.59. The highest BCUT2D eigenvalue weighted by Gasteiger charge is 2.14. The monoisotopic (exact) mass is 337 g/mol. The van der Waals surface area contributed by atoms with E-state index in [0.717, 1.165) is 30.6 Å². The van der Waals surface area contributed by atoms with Gasteiger partial charge in [0.25, 0.3) is 0 Å². The van der Waals surface area contributed by atoms with Gasteiger partial charge >= 0.3 is 0 Å². The number of nitrogens with zero attached hydrogens (tertiary/aromatic N) is 3. The van der Waals surface area contributed by atoms with E-state index in [1.807, 2.05) is 10.9 Å². The minimum Gasteiger partial charge on any atom is -0.496 e. The molecule has 0 bridgehead atoms. The minimum atomic E-state index is -0.0701. The van der Waals surface area contributed by atoms with Crippen molar-refractivity contribution in [2.45, 2.75) is 32.1 Å². The second-order valence-electron chi connectivity index (χ2n) is 5.37. The maximum Gasteiger partial charge on any atom is 0.157 e. The van der Waals surface area contributed by atoms with Gasteiger partial charge in [0.05, 0.1) is 26.5 Å². The van der Waals surface area contributed by atoms with Crippen LogP contribution in [0.15, 0.2) is 24.7 Å². The molecule has 1 aliphatic rings. The van der Waals surface area contributed by atoms with E-state index in [0.29, 0.717) is 24.1 Å². The molecule has 2 aromatic rings. The minimum absolute atomic E-state index is 0.0701. The third kappa shape index (κ3) is 4.22. The third-order valence-corrected chi connectivity index (χ3v) is 3.97. The third-order valence-electron chi connectivity index (χ3n) is 3.76. The number of hydrogen-bond acceptors (Lipinski definition) is 5. The van der Waals surface area contributed by atoms with Crippen LogP contribution in [-0.4, -0.2) is 41.4 Å². The Bertz CT molecular complexity index is 641. The largest absolute Gasteiger partial charge is 0.496 e. The van der Waals surface area contributed by atoms with Crippen LogP contribution >= 0.6 is 11.6 Å². The van der Waals surface area contributed by atoms with E-state index in [1.165, 1.54) is 6.42 Å². The molecule has 0 spiro atoms. The van der Waals surface area contributed by atoms with Crippen molar-refractivity contribution >= 4 is 11.6 Å². The van der Waals surface area contributed by atoms with E-state index in [1.54, 1.807) is 25.6 Å². The summed E-state index contributed by atoms with van der Waals surface area (Å²) in [6.07, 6.45) is 8.61. The van der Waals surface area contributed by atoms with Crippen molar-refractivity contribution < 1.29 is 14.2 Å². The van der Waals surface area contributed by atoms with Crippen LogP contribution in [0.4, 0.5) is 0 Å². The first kappa shape index (κ1) is 16.2. The van der Waals surface area contributed by atoms with Crippen molar-refractivity contribution in [3.05, 3.63) is 29.8 Å². The van der Waals surface area contributed by atoms with Crippen LogP contribution in [0.3, 0.4) is 0 Å². The van der Waals surface area contributed by atoms with E-state index in [-0.39, 0.29) is 6.29 Å². The quantitative estimate of drug-likeness (QED) is 0.758. The molecule has 1 aliphatic heterocycles. The topological polar surface area (TPSA) is 58.4 Å². The van der Waals surface area contributed by atoms with Gasteiger partial charge in [-0.1, -0.05) is 11.6 Å². The van der Waals surface area contributed by atoms with Crippen molar-refractivity contribution in [2.75, 3.05) is 20.3 Å². The van der Waals surface area contributed by atoms with Crippen LogP contribution in [0.25, 0.3) is 11.1 Å². The fourth-order valence-electron chi connectivity index (χ4n) is 2.54. The van der Waals surface area contributed by atoms with Crippen molar-refractivity contribution in [1.29, 1.82) is 0 Å². The maximum absolute atomic E-state index is 5.89. The summed E-state index contributed by atoms with van der Waals surface area (Å²) >= 11 is 5.89. The predicted molar refractivity (Wildman–Crippen MR) is 86.6 cm³/mol. The molecule has 6 nitrogen and oxygen atoms in total. The lowest BCUT2D eigenvalue weighted by molar-refractivity contribution is -0.163. The zero-order valence-electron chi connectivity index (χ0n) is 13.1. The zero-order valence-corrected chi connectivity index (χ0v) is 13.8. The van der Waals surface area contributed by atoms with Crippen LogP contribution in [0.1, 0.15) is 19.3 Å². The standard InChI is InChI=1S/C16H20ClN3O3/c1-21-14-8-15(17)18-10-13(14)12-9-19-20(11-12)5-7-23-16-4-2-3-6-22-16/h8-11,16H,2-7H2,1H3. The summed E-state index contributed by atoms with van der Waals surface area (Å²) in [5, 5.41) is 4.75. The Morgan fingerprint density at radius 3 is 3.09 bits per heavy atom. The Hall–Kier alpha value is -1.63. The number of aromatic nitrogens is 3. The Kier molecular flexibility index (Phi) is 5.48. The summed E-state index contributed by atoms with van der Waals surface area (Å²) in [5.41, 5.74) is 1.79. The number of rotatable bonds is 6. The number of pyridine rings is 1. The molecule has 0 saturated carbocycles. The van der Waals surface area contributed by atoms with E-state index in [2.05, 4.69) is 10.1 Å². The molecular weight excluding hydrogens is 318 g/mol. The van der Waals surface area contributed by atoms with Gasteiger partial charge in [-0.3, -0.25) is 4.68 Å². The first-order chi connectivity index (χ1) is 11.3. The molecule has 3 rings (SSSR count). The second kappa shape index (κ2) is 7.77. The smallest absolute Gasteiger partial charge is 0.157 e. The van der Waals surface area contributed by atoms with Crippen LogP contribution in [0.5, 0.6) is 5.75 Å². The van der Waals surface area contributed by atoms with E-state index in [9.17, 15) is 0 Å². The molecule has 0 radical (unpaired) electrons. The van der Waals surface area contributed by atoms with Crippen LogP contribution in [0.2, 0.25) is 5.15 Å². The van der Waals surface area contributed by atoms with Gasteiger partial charge in [0.1, 0.15) is 10.9 Å². The van der Waals surface area contributed by atoms with Gasteiger partial charge in [0.2, 0.25) is 0 Å². The molecule has 1 fully saturated rings. The molecule has 3 heterocycles. The van der Waals surface area contributed by atoms with Gasteiger partial charge in [-0.05, 0) is 19.3 Å². The normalized spacial score (nSPS) is 18.1. The summed E-state index contributed by atoms with van der Waals surface area (Å²) in [6, 6.07) is 1.69. The fraction of sp³-hybridized carbons (Fsp3) is 0.500. The van der Waals surface area contributed by atoms with Crippen molar-refractivity contribution in [2.24, 2.45) is 0 Å². The molecule has 1 saturated heterocycles. The van der Waals surface area contributed by atoms with Crippen molar-refractivity contribution in [3.8, 4) is 16.9 Å². The van der Waals surface area contributed by atoms with Gasteiger partial charge in [0, 0.05) is 36.2 Å². The lowest BCUT2D eigenvalue weighted by Crippen LogP contribution is -2.24. The molecule has 0 aromatic carbocycles. The average molecular weight is 338 g/mol. The first-order valence-electron chi connectivity index (χ1n) is 7.72. The zero-order chi connectivity index (χ0) is 16.1. The molecule has 0 aliphatic carbocycles. The molecule has 0 N–H and O–H groups in total. The average Bonchev–Trinajstić information content (AvgIpc) is 3.04. The van der Waals surface area contributed by atoms with Gasteiger partial charge in [-0.25, -0.2) is 4.98 Å². The number of ether oxygens (including phenoxy) is 3. The number of halogens is 1. The van der Waals surface area contributed by atoms with Gasteiger partial charge in [0.15, 0.2) is 6.29 Å². The van der Waals surface area contributed by atoms with Crippen LogP contribution in [-0.2, 0) is 16.0 Å². The molecular formula is C16H20ClN3O3. The first-order valence-corrected chi connectivity index (χ1v) is 8.09. The molecule has 7 heteroatoms. The van der Waals surface area contributed by atoms with E-state index in [4.69, 9.17) is 25.8 Å².